The Morgan fingerprint density at radius 3 is 2.57 bits per heavy atom. The molecular formula is C9H16N2O3. The zero-order valence-corrected chi connectivity index (χ0v) is 8.27. The molecule has 5 heteroatoms. The minimum atomic E-state index is -0.901. The van der Waals surface area contributed by atoms with Gasteiger partial charge in [-0.1, -0.05) is 0 Å². The lowest BCUT2D eigenvalue weighted by molar-refractivity contribution is -0.156. The van der Waals surface area contributed by atoms with E-state index in [-0.39, 0.29) is 18.1 Å². The van der Waals surface area contributed by atoms with E-state index in [1.807, 2.05) is 0 Å². The third kappa shape index (κ3) is 1.89. The maximum atomic E-state index is 11.5. The molecular weight excluding hydrogens is 184 g/mol. The van der Waals surface area contributed by atoms with E-state index in [4.69, 9.17) is 4.74 Å². The number of rotatable bonds is 1. The van der Waals surface area contributed by atoms with Gasteiger partial charge in [-0.2, -0.15) is 0 Å². The number of amides is 1. The van der Waals surface area contributed by atoms with Crippen molar-refractivity contribution in [2.75, 3.05) is 26.2 Å². The van der Waals surface area contributed by atoms with Crippen molar-refractivity contribution in [1.29, 1.82) is 0 Å². The second kappa shape index (κ2) is 3.84. The van der Waals surface area contributed by atoms with Crippen LogP contribution in [0.1, 0.15) is 6.92 Å². The largest absolute Gasteiger partial charge is 0.384 e. The van der Waals surface area contributed by atoms with Gasteiger partial charge in [-0.05, 0) is 6.92 Å². The summed E-state index contributed by atoms with van der Waals surface area (Å²) in [4.78, 5) is 13.2. The van der Waals surface area contributed by atoms with Gasteiger partial charge in [-0.15, -0.1) is 0 Å². The SMILES string of the molecule is C[C@H](O)C(=O)N1CC2CNCC(C1)O2. The van der Waals surface area contributed by atoms with E-state index in [1.54, 1.807) is 4.90 Å². The zero-order chi connectivity index (χ0) is 10.1. The first-order valence-electron chi connectivity index (χ1n) is 5.00. The summed E-state index contributed by atoms with van der Waals surface area (Å²) in [6.45, 7) is 4.27. The number of nitrogens with zero attached hydrogens (tertiary/aromatic N) is 1. The monoisotopic (exact) mass is 200 g/mol. The predicted octanol–water partition coefficient (Wildman–Crippen LogP) is -1.43. The Kier molecular flexibility index (Phi) is 2.71. The lowest BCUT2D eigenvalue weighted by Crippen LogP contribution is -2.60. The summed E-state index contributed by atoms with van der Waals surface area (Å²) in [5.41, 5.74) is 0. The first-order chi connectivity index (χ1) is 6.66. The molecule has 3 atom stereocenters. The van der Waals surface area contributed by atoms with Crippen LogP contribution < -0.4 is 5.32 Å². The Morgan fingerprint density at radius 1 is 1.50 bits per heavy atom. The average Bonchev–Trinajstić information content (AvgIpc) is 2.15. The Hall–Kier alpha value is -0.650. The van der Waals surface area contributed by atoms with E-state index >= 15 is 0 Å². The molecule has 2 aliphatic heterocycles. The Labute approximate surface area is 83.0 Å². The predicted molar refractivity (Wildman–Crippen MR) is 49.8 cm³/mol. The van der Waals surface area contributed by atoms with Crippen LogP contribution in [0.3, 0.4) is 0 Å². The lowest BCUT2D eigenvalue weighted by Gasteiger charge is -2.42. The number of aliphatic hydroxyl groups is 1. The number of hydrogen-bond donors (Lipinski definition) is 2. The molecule has 2 fully saturated rings. The van der Waals surface area contributed by atoms with Crippen LogP contribution in [0.25, 0.3) is 0 Å². The number of hydrogen-bond acceptors (Lipinski definition) is 4. The van der Waals surface area contributed by atoms with Crippen LogP contribution in [0.2, 0.25) is 0 Å². The highest BCUT2D eigenvalue weighted by Crippen LogP contribution is 2.14. The molecule has 2 rings (SSSR count). The summed E-state index contributed by atoms with van der Waals surface area (Å²) in [5.74, 6) is -0.190. The van der Waals surface area contributed by atoms with Crippen molar-refractivity contribution in [3.05, 3.63) is 0 Å². The molecule has 0 aromatic carbocycles. The second-order valence-corrected chi connectivity index (χ2v) is 3.96. The van der Waals surface area contributed by atoms with Crippen molar-refractivity contribution >= 4 is 5.91 Å². The zero-order valence-electron chi connectivity index (χ0n) is 8.27. The minimum absolute atomic E-state index is 0.0881. The summed E-state index contributed by atoms with van der Waals surface area (Å²) in [5, 5.41) is 12.4. The smallest absolute Gasteiger partial charge is 0.251 e. The molecule has 80 valence electrons. The minimum Gasteiger partial charge on any atom is -0.384 e. The Balaban J connectivity index is 1.98. The number of carbonyl (C=O) groups is 1. The molecule has 2 bridgehead atoms. The molecule has 2 N–H and O–H groups in total. The fourth-order valence-electron chi connectivity index (χ4n) is 2.00. The molecule has 0 radical (unpaired) electrons. The van der Waals surface area contributed by atoms with Crippen molar-refractivity contribution < 1.29 is 14.6 Å². The first-order valence-corrected chi connectivity index (χ1v) is 5.00. The highest BCUT2D eigenvalue weighted by atomic mass is 16.5. The summed E-state index contributed by atoms with van der Waals surface area (Å²) in [6.07, 6.45) is -0.725. The van der Waals surface area contributed by atoms with E-state index < -0.39 is 6.10 Å². The molecule has 0 aromatic rings. The lowest BCUT2D eigenvalue weighted by atomic mass is 10.1. The third-order valence-electron chi connectivity index (χ3n) is 2.65. The van der Waals surface area contributed by atoms with Gasteiger partial charge in [0, 0.05) is 26.2 Å². The number of carbonyl (C=O) groups excluding carboxylic acids is 1. The van der Waals surface area contributed by atoms with Gasteiger partial charge in [0.05, 0.1) is 12.2 Å². The highest BCUT2D eigenvalue weighted by Gasteiger charge is 2.34. The summed E-state index contributed by atoms with van der Waals surface area (Å²) >= 11 is 0. The average molecular weight is 200 g/mol. The van der Waals surface area contributed by atoms with Crippen LogP contribution in [-0.2, 0) is 9.53 Å². The van der Waals surface area contributed by atoms with Crippen LogP contribution in [0.15, 0.2) is 0 Å². The fraction of sp³-hybridized carbons (Fsp3) is 0.889. The molecule has 2 saturated heterocycles. The van der Waals surface area contributed by atoms with Gasteiger partial charge in [0.2, 0.25) is 0 Å². The molecule has 2 aliphatic rings. The quantitative estimate of drug-likeness (QED) is 0.544. The first kappa shape index (κ1) is 9.89. The molecule has 2 heterocycles. The third-order valence-corrected chi connectivity index (χ3v) is 2.65. The molecule has 14 heavy (non-hydrogen) atoms. The summed E-state index contributed by atoms with van der Waals surface area (Å²) < 4.78 is 5.64. The molecule has 2 unspecified atom stereocenters. The molecule has 5 nitrogen and oxygen atoms in total. The Bertz CT molecular complexity index is 220. The number of morpholine rings is 2. The van der Waals surface area contributed by atoms with E-state index in [2.05, 4.69) is 5.32 Å². The van der Waals surface area contributed by atoms with Crippen LogP contribution in [0, 0.1) is 0 Å². The van der Waals surface area contributed by atoms with Gasteiger partial charge in [-0.25, -0.2) is 0 Å². The van der Waals surface area contributed by atoms with Gasteiger partial charge in [0.1, 0.15) is 6.10 Å². The van der Waals surface area contributed by atoms with Crippen LogP contribution in [-0.4, -0.2) is 60.4 Å². The van der Waals surface area contributed by atoms with E-state index in [9.17, 15) is 9.90 Å². The van der Waals surface area contributed by atoms with Gasteiger partial charge >= 0.3 is 0 Å². The van der Waals surface area contributed by atoms with E-state index in [1.165, 1.54) is 6.92 Å². The molecule has 1 amide bonds. The molecule has 0 saturated carbocycles. The maximum absolute atomic E-state index is 11.5. The second-order valence-electron chi connectivity index (χ2n) is 3.96. The number of nitrogens with one attached hydrogen (secondary N) is 1. The summed E-state index contributed by atoms with van der Waals surface area (Å²) in [7, 11) is 0. The molecule has 0 aromatic heterocycles. The van der Waals surface area contributed by atoms with Crippen molar-refractivity contribution in [1.82, 2.24) is 10.2 Å². The standard InChI is InChI=1S/C9H16N2O3/c1-6(12)9(13)11-4-7-2-10-3-8(5-11)14-7/h6-8,10,12H,2-5H2,1H3/t6-,7?,8?/m0/s1. The van der Waals surface area contributed by atoms with E-state index in [0.29, 0.717) is 13.1 Å². The van der Waals surface area contributed by atoms with Gasteiger partial charge in [0.15, 0.2) is 0 Å². The van der Waals surface area contributed by atoms with Crippen LogP contribution >= 0.6 is 0 Å². The van der Waals surface area contributed by atoms with Crippen molar-refractivity contribution in [3.8, 4) is 0 Å². The molecule has 0 aliphatic carbocycles. The highest BCUT2D eigenvalue weighted by molar-refractivity contribution is 5.80. The topological polar surface area (TPSA) is 61.8 Å². The van der Waals surface area contributed by atoms with Gasteiger partial charge in [-0.3, -0.25) is 4.79 Å². The summed E-state index contributed by atoms with van der Waals surface area (Å²) in [6, 6.07) is 0. The van der Waals surface area contributed by atoms with Crippen molar-refractivity contribution in [3.63, 3.8) is 0 Å². The van der Waals surface area contributed by atoms with Crippen molar-refractivity contribution in [2.45, 2.75) is 25.2 Å². The number of fused-ring (bicyclic) bond motifs is 2. The van der Waals surface area contributed by atoms with Gasteiger partial charge < -0.3 is 20.1 Å². The van der Waals surface area contributed by atoms with Crippen LogP contribution in [0.5, 0.6) is 0 Å². The van der Waals surface area contributed by atoms with Crippen molar-refractivity contribution in [2.24, 2.45) is 0 Å². The molecule has 0 spiro atoms. The maximum Gasteiger partial charge on any atom is 0.251 e. The van der Waals surface area contributed by atoms with E-state index in [0.717, 1.165) is 13.1 Å². The van der Waals surface area contributed by atoms with Gasteiger partial charge in [0.25, 0.3) is 5.91 Å². The number of ether oxygens (including phenoxy) is 1. The number of aliphatic hydroxyl groups excluding tert-OH is 1. The normalized spacial score (nSPS) is 34.0. The fourth-order valence-corrected chi connectivity index (χ4v) is 2.00. The van der Waals surface area contributed by atoms with Crippen LogP contribution in [0.4, 0.5) is 0 Å². The Morgan fingerprint density at radius 2 is 2.07 bits per heavy atom.